The molecule has 3 N–H and O–H groups in total. The Hall–Kier alpha value is -2.42. The zero-order valence-electron chi connectivity index (χ0n) is 9.02. The molecule has 0 aliphatic rings. The minimum absolute atomic E-state index is 0.755. The second-order valence-corrected chi connectivity index (χ2v) is 3.46. The van der Waals surface area contributed by atoms with Crippen molar-refractivity contribution in [2.45, 2.75) is 18.4 Å². The fraction of sp³-hybridized carbons (Fsp3) is 0.333. The van der Waals surface area contributed by atoms with Crippen molar-refractivity contribution in [3.05, 3.63) is 18.5 Å². The van der Waals surface area contributed by atoms with Gasteiger partial charge in [0, 0.05) is 0 Å². The zero-order valence-corrected chi connectivity index (χ0v) is 9.02. The average Bonchev–Trinajstić information content (AvgIpc) is 2.68. The van der Waals surface area contributed by atoms with Crippen LogP contribution in [-0.2, 0) is 14.4 Å². The maximum atomic E-state index is 11.3. The van der Waals surface area contributed by atoms with Gasteiger partial charge in [-0.05, 0) is 6.07 Å². The molecule has 0 aliphatic heterocycles. The molecule has 0 fully saturated rings. The minimum Gasteiger partial charge on any atom is -0.481 e. The molecule has 0 spiro atoms. The van der Waals surface area contributed by atoms with E-state index in [-0.39, 0.29) is 0 Å². The molecule has 1 atom stereocenters. The lowest BCUT2D eigenvalue weighted by atomic mass is 9.96. The van der Waals surface area contributed by atoms with Crippen LogP contribution in [0, 0.1) is 0 Å². The third kappa shape index (κ3) is 3.56. The van der Waals surface area contributed by atoms with Crippen LogP contribution in [0.3, 0.4) is 0 Å². The van der Waals surface area contributed by atoms with Crippen molar-refractivity contribution in [1.82, 2.24) is 9.94 Å². The van der Waals surface area contributed by atoms with Gasteiger partial charge < -0.3 is 20.2 Å². The molecule has 0 aromatic carbocycles. The standard InChI is InChI=1S/C9H10N2O7/c12-6(13)4-9(17,8(15)16)5-7(14)18-11-3-1-2-10-11/h1-3,17H,4-5H2,(H,12,13)(H,15,16). The van der Waals surface area contributed by atoms with Crippen molar-refractivity contribution >= 4 is 17.9 Å². The lowest BCUT2D eigenvalue weighted by molar-refractivity contribution is -0.172. The van der Waals surface area contributed by atoms with Crippen molar-refractivity contribution in [2.24, 2.45) is 0 Å². The number of aliphatic hydroxyl groups is 1. The number of carbonyl (C=O) groups excluding carboxylic acids is 1. The number of aliphatic carboxylic acids is 2. The highest BCUT2D eigenvalue weighted by atomic mass is 16.7. The van der Waals surface area contributed by atoms with E-state index < -0.39 is 36.4 Å². The lowest BCUT2D eigenvalue weighted by Gasteiger charge is -2.19. The lowest BCUT2D eigenvalue weighted by Crippen LogP contribution is -2.44. The summed E-state index contributed by atoms with van der Waals surface area (Å²) >= 11 is 0. The zero-order chi connectivity index (χ0) is 13.8. The first-order chi connectivity index (χ1) is 8.33. The van der Waals surface area contributed by atoms with Crippen molar-refractivity contribution in [3.63, 3.8) is 0 Å². The number of carboxylic acid groups (broad SMARTS) is 2. The Morgan fingerprint density at radius 1 is 1.28 bits per heavy atom. The van der Waals surface area contributed by atoms with Gasteiger partial charge in [-0.1, -0.05) is 4.85 Å². The van der Waals surface area contributed by atoms with E-state index >= 15 is 0 Å². The monoisotopic (exact) mass is 258 g/mol. The molecule has 1 aromatic heterocycles. The number of rotatable bonds is 6. The Labute approximate surface area is 100 Å². The van der Waals surface area contributed by atoms with Crippen LogP contribution in [0.15, 0.2) is 18.5 Å². The highest BCUT2D eigenvalue weighted by Gasteiger charge is 2.41. The van der Waals surface area contributed by atoms with Gasteiger partial charge in [0.05, 0.1) is 25.2 Å². The molecule has 0 amide bonds. The van der Waals surface area contributed by atoms with Crippen molar-refractivity contribution in [3.8, 4) is 0 Å². The second kappa shape index (κ2) is 5.27. The van der Waals surface area contributed by atoms with Crippen LogP contribution in [0.4, 0.5) is 0 Å². The summed E-state index contributed by atoms with van der Waals surface area (Å²) in [7, 11) is 0. The van der Waals surface area contributed by atoms with E-state index in [1.165, 1.54) is 18.5 Å². The summed E-state index contributed by atoms with van der Waals surface area (Å²) in [4.78, 5) is 37.8. The second-order valence-electron chi connectivity index (χ2n) is 3.46. The molecule has 1 unspecified atom stereocenters. The van der Waals surface area contributed by atoms with Gasteiger partial charge in [0.15, 0.2) is 5.60 Å². The Bertz CT molecular complexity index is 455. The summed E-state index contributed by atoms with van der Waals surface area (Å²) in [5, 5.41) is 30.3. The first kappa shape index (κ1) is 13.6. The van der Waals surface area contributed by atoms with Crippen LogP contribution in [0.1, 0.15) is 12.8 Å². The normalized spacial score (nSPS) is 13.6. The molecule has 0 aliphatic carbocycles. The Morgan fingerprint density at radius 3 is 2.39 bits per heavy atom. The van der Waals surface area contributed by atoms with E-state index in [2.05, 4.69) is 9.94 Å². The minimum atomic E-state index is -2.71. The number of nitrogens with zero attached hydrogens (tertiary/aromatic N) is 2. The molecular weight excluding hydrogens is 248 g/mol. The third-order valence-electron chi connectivity index (χ3n) is 1.95. The molecule has 0 saturated heterocycles. The van der Waals surface area contributed by atoms with E-state index in [0.717, 1.165) is 4.85 Å². The van der Waals surface area contributed by atoms with Gasteiger partial charge in [0.1, 0.15) is 0 Å². The van der Waals surface area contributed by atoms with Gasteiger partial charge in [0.25, 0.3) is 0 Å². The molecule has 1 heterocycles. The van der Waals surface area contributed by atoms with Gasteiger partial charge in [-0.25, -0.2) is 9.59 Å². The fourth-order valence-electron chi connectivity index (χ4n) is 1.15. The maximum absolute atomic E-state index is 11.3. The SMILES string of the molecule is O=C(O)CC(O)(CC(=O)On1cccn1)C(=O)O. The van der Waals surface area contributed by atoms with E-state index in [0.29, 0.717) is 0 Å². The summed E-state index contributed by atoms with van der Waals surface area (Å²) in [5.41, 5.74) is -2.71. The summed E-state index contributed by atoms with van der Waals surface area (Å²) in [6.45, 7) is 0. The molecule has 1 aromatic rings. The van der Waals surface area contributed by atoms with Crippen LogP contribution in [0.5, 0.6) is 0 Å². The van der Waals surface area contributed by atoms with Crippen LogP contribution in [0.25, 0.3) is 0 Å². The molecule has 98 valence electrons. The van der Waals surface area contributed by atoms with Crippen LogP contribution >= 0.6 is 0 Å². The van der Waals surface area contributed by atoms with Crippen molar-refractivity contribution < 1.29 is 34.5 Å². The molecule has 9 nitrogen and oxygen atoms in total. The van der Waals surface area contributed by atoms with Crippen LogP contribution in [0.2, 0.25) is 0 Å². The number of aromatic nitrogens is 2. The highest BCUT2D eigenvalue weighted by molar-refractivity contribution is 5.88. The maximum Gasteiger partial charge on any atom is 0.338 e. The fourth-order valence-corrected chi connectivity index (χ4v) is 1.15. The van der Waals surface area contributed by atoms with Gasteiger partial charge in [-0.15, -0.1) is 5.10 Å². The van der Waals surface area contributed by atoms with Gasteiger partial charge in [-0.2, -0.15) is 0 Å². The largest absolute Gasteiger partial charge is 0.481 e. The van der Waals surface area contributed by atoms with E-state index in [9.17, 15) is 19.5 Å². The van der Waals surface area contributed by atoms with E-state index in [1.807, 2.05) is 0 Å². The predicted molar refractivity (Wildman–Crippen MR) is 53.3 cm³/mol. The molecular formula is C9H10N2O7. The number of hydrogen-bond donors (Lipinski definition) is 3. The highest BCUT2D eigenvalue weighted by Crippen LogP contribution is 2.16. The molecule has 0 radical (unpaired) electrons. The Morgan fingerprint density at radius 2 is 1.94 bits per heavy atom. The molecule has 9 heteroatoms. The average molecular weight is 258 g/mol. The Kier molecular flexibility index (Phi) is 4.00. The first-order valence-corrected chi connectivity index (χ1v) is 4.72. The molecule has 0 bridgehead atoms. The van der Waals surface area contributed by atoms with Gasteiger partial charge in [-0.3, -0.25) is 4.79 Å². The summed E-state index contributed by atoms with van der Waals surface area (Å²) in [5.74, 6) is -4.49. The van der Waals surface area contributed by atoms with Gasteiger partial charge in [0.2, 0.25) is 0 Å². The quantitative estimate of drug-likeness (QED) is 0.561. The first-order valence-electron chi connectivity index (χ1n) is 4.72. The summed E-state index contributed by atoms with van der Waals surface area (Å²) < 4.78 is 0. The molecule has 1 rings (SSSR count). The number of carbonyl (C=O) groups is 3. The smallest absolute Gasteiger partial charge is 0.338 e. The van der Waals surface area contributed by atoms with E-state index in [1.54, 1.807) is 0 Å². The van der Waals surface area contributed by atoms with Crippen LogP contribution in [-0.4, -0.2) is 48.8 Å². The predicted octanol–water partition coefficient (Wildman–Crippen LogP) is -1.48. The third-order valence-corrected chi connectivity index (χ3v) is 1.95. The molecule has 18 heavy (non-hydrogen) atoms. The number of carboxylic acids is 2. The van der Waals surface area contributed by atoms with Crippen molar-refractivity contribution in [1.29, 1.82) is 0 Å². The molecule has 0 saturated carbocycles. The Balaban J connectivity index is 2.69. The number of hydrogen-bond acceptors (Lipinski definition) is 6. The van der Waals surface area contributed by atoms with Crippen LogP contribution < -0.4 is 4.84 Å². The van der Waals surface area contributed by atoms with E-state index in [4.69, 9.17) is 10.2 Å². The topological polar surface area (TPSA) is 139 Å². The van der Waals surface area contributed by atoms with Crippen molar-refractivity contribution in [2.75, 3.05) is 0 Å². The van der Waals surface area contributed by atoms with Gasteiger partial charge >= 0.3 is 17.9 Å². The summed E-state index contributed by atoms with van der Waals surface area (Å²) in [6, 6.07) is 1.45. The summed E-state index contributed by atoms with van der Waals surface area (Å²) in [6.07, 6.45) is 0.466.